The van der Waals surface area contributed by atoms with Gasteiger partial charge in [-0.2, -0.15) is 0 Å². The Bertz CT molecular complexity index is 374. The molecule has 1 aliphatic rings. The van der Waals surface area contributed by atoms with Crippen LogP contribution in [-0.4, -0.2) is 60.6 Å². The topological polar surface area (TPSA) is 15.7 Å². The number of likely N-dealkylation sites (N-methyl/N-ethyl adjacent to an activating group) is 1. The lowest BCUT2D eigenvalue weighted by molar-refractivity contribution is -0.0420. The van der Waals surface area contributed by atoms with Gasteiger partial charge in [-0.25, -0.2) is 0 Å². The Balaban J connectivity index is 1.88. The van der Waals surface area contributed by atoms with Gasteiger partial charge in [-0.1, -0.05) is 53.2 Å². The summed E-state index contributed by atoms with van der Waals surface area (Å²) >= 11 is 3.56. The standard InChI is InChI=1S/C16H25BrN2O/c1-2-18-10-11-20-16(13-18)14-19(9-8-17)12-15-6-4-3-5-7-15/h3-7,16H,2,8-14H2,1H3. The van der Waals surface area contributed by atoms with E-state index in [0.717, 1.165) is 51.2 Å². The van der Waals surface area contributed by atoms with Gasteiger partial charge < -0.3 is 4.74 Å². The molecule has 1 atom stereocenters. The quantitative estimate of drug-likeness (QED) is 0.709. The molecule has 0 aliphatic carbocycles. The second kappa shape index (κ2) is 8.78. The van der Waals surface area contributed by atoms with Crippen molar-refractivity contribution in [3.8, 4) is 0 Å². The first kappa shape index (κ1) is 16.0. The molecule has 0 spiro atoms. The molecule has 4 heteroatoms. The van der Waals surface area contributed by atoms with Crippen LogP contribution in [0.1, 0.15) is 12.5 Å². The summed E-state index contributed by atoms with van der Waals surface area (Å²) in [5.41, 5.74) is 1.37. The molecule has 0 N–H and O–H groups in total. The first-order chi connectivity index (χ1) is 9.81. The monoisotopic (exact) mass is 340 g/mol. The summed E-state index contributed by atoms with van der Waals surface area (Å²) in [5.74, 6) is 0. The third-order valence-electron chi connectivity index (χ3n) is 3.78. The zero-order valence-corrected chi connectivity index (χ0v) is 13.9. The van der Waals surface area contributed by atoms with Gasteiger partial charge in [0.25, 0.3) is 0 Å². The predicted molar refractivity (Wildman–Crippen MR) is 87.4 cm³/mol. The van der Waals surface area contributed by atoms with Crippen LogP contribution in [0.5, 0.6) is 0 Å². The van der Waals surface area contributed by atoms with E-state index in [1.165, 1.54) is 5.56 Å². The van der Waals surface area contributed by atoms with Crippen molar-refractivity contribution in [2.45, 2.75) is 19.6 Å². The number of benzene rings is 1. The Kier molecular flexibility index (Phi) is 7.00. The molecule has 1 heterocycles. The minimum absolute atomic E-state index is 0.339. The molecule has 0 aromatic heterocycles. The molecule has 2 rings (SSSR count). The van der Waals surface area contributed by atoms with E-state index in [4.69, 9.17) is 4.74 Å². The van der Waals surface area contributed by atoms with Crippen LogP contribution in [0.3, 0.4) is 0 Å². The molecule has 0 bridgehead atoms. The Morgan fingerprint density at radius 1 is 1.35 bits per heavy atom. The molecule has 1 unspecified atom stereocenters. The van der Waals surface area contributed by atoms with Gasteiger partial charge in [0.15, 0.2) is 0 Å². The second-order valence-electron chi connectivity index (χ2n) is 5.30. The summed E-state index contributed by atoms with van der Waals surface area (Å²) in [6, 6.07) is 10.7. The van der Waals surface area contributed by atoms with Gasteiger partial charge >= 0.3 is 0 Å². The van der Waals surface area contributed by atoms with Crippen LogP contribution in [0.15, 0.2) is 30.3 Å². The average molecular weight is 341 g/mol. The highest BCUT2D eigenvalue weighted by Crippen LogP contribution is 2.10. The van der Waals surface area contributed by atoms with Crippen molar-refractivity contribution in [2.24, 2.45) is 0 Å². The van der Waals surface area contributed by atoms with E-state index in [0.29, 0.717) is 6.10 Å². The fourth-order valence-electron chi connectivity index (χ4n) is 2.66. The number of rotatable bonds is 7. The van der Waals surface area contributed by atoms with Crippen molar-refractivity contribution in [1.82, 2.24) is 9.80 Å². The third kappa shape index (κ3) is 5.17. The van der Waals surface area contributed by atoms with E-state index in [1.807, 2.05) is 0 Å². The predicted octanol–water partition coefficient (Wildman–Crippen LogP) is 2.60. The molecule has 0 radical (unpaired) electrons. The highest BCUT2D eigenvalue weighted by atomic mass is 79.9. The fraction of sp³-hybridized carbons (Fsp3) is 0.625. The summed E-state index contributed by atoms with van der Waals surface area (Å²) in [7, 11) is 0. The molecule has 1 saturated heterocycles. The molecular formula is C16H25BrN2O. The Morgan fingerprint density at radius 2 is 2.15 bits per heavy atom. The van der Waals surface area contributed by atoms with Crippen LogP contribution < -0.4 is 0 Å². The number of alkyl halides is 1. The number of morpholine rings is 1. The van der Waals surface area contributed by atoms with Crippen molar-refractivity contribution >= 4 is 15.9 Å². The largest absolute Gasteiger partial charge is 0.374 e. The molecule has 1 aromatic carbocycles. The van der Waals surface area contributed by atoms with Crippen molar-refractivity contribution in [2.75, 3.05) is 44.7 Å². The summed E-state index contributed by atoms with van der Waals surface area (Å²) in [4.78, 5) is 4.96. The molecule has 20 heavy (non-hydrogen) atoms. The number of hydrogen-bond acceptors (Lipinski definition) is 3. The van der Waals surface area contributed by atoms with Gasteiger partial charge in [-0.15, -0.1) is 0 Å². The lowest BCUT2D eigenvalue weighted by Crippen LogP contribution is -2.47. The molecule has 0 amide bonds. The van der Waals surface area contributed by atoms with Gasteiger partial charge in [0.1, 0.15) is 0 Å². The minimum Gasteiger partial charge on any atom is -0.374 e. The smallest absolute Gasteiger partial charge is 0.0829 e. The van der Waals surface area contributed by atoms with Gasteiger partial charge in [-0.05, 0) is 12.1 Å². The van der Waals surface area contributed by atoms with Gasteiger partial charge in [-0.3, -0.25) is 9.80 Å². The molecule has 1 aliphatic heterocycles. The van der Waals surface area contributed by atoms with E-state index < -0.39 is 0 Å². The molecular weight excluding hydrogens is 316 g/mol. The van der Waals surface area contributed by atoms with Gasteiger partial charge in [0.2, 0.25) is 0 Å². The van der Waals surface area contributed by atoms with E-state index in [9.17, 15) is 0 Å². The highest BCUT2D eigenvalue weighted by molar-refractivity contribution is 9.09. The SMILES string of the molecule is CCN1CCOC(CN(CCBr)Cc2ccccc2)C1. The maximum absolute atomic E-state index is 5.93. The summed E-state index contributed by atoms with van der Waals surface area (Å²) in [6.45, 7) is 9.41. The van der Waals surface area contributed by atoms with Crippen LogP contribution in [-0.2, 0) is 11.3 Å². The summed E-state index contributed by atoms with van der Waals surface area (Å²) in [5, 5.41) is 1.00. The molecule has 112 valence electrons. The second-order valence-corrected chi connectivity index (χ2v) is 6.09. The first-order valence-electron chi connectivity index (χ1n) is 7.48. The number of halogens is 1. The van der Waals surface area contributed by atoms with Crippen LogP contribution in [0.4, 0.5) is 0 Å². The minimum atomic E-state index is 0.339. The van der Waals surface area contributed by atoms with Crippen LogP contribution in [0.2, 0.25) is 0 Å². The number of ether oxygens (including phenoxy) is 1. The molecule has 3 nitrogen and oxygen atoms in total. The van der Waals surface area contributed by atoms with E-state index in [-0.39, 0.29) is 0 Å². The van der Waals surface area contributed by atoms with Crippen molar-refractivity contribution in [1.29, 1.82) is 0 Å². The maximum atomic E-state index is 5.93. The van der Waals surface area contributed by atoms with Crippen LogP contribution in [0.25, 0.3) is 0 Å². The zero-order valence-electron chi connectivity index (χ0n) is 12.3. The maximum Gasteiger partial charge on any atom is 0.0829 e. The highest BCUT2D eigenvalue weighted by Gasteiger charge is 2.21. The third-order valence-corrected chi connectivity index (χ3v) is 4.14. The molecule has 1 aromatic rings. The lowest BCUT2D eigenvalue weighted by atomic mass is 10.2. The number of hydrogen-bond donors (Lipinski definition) is 0. The first-order valence-corrected chi connectivity index (χ1v) is 8.60. The zero-order chi connectivity index (χ0) is 14.2. The van der Waals surface area contributed by atoms with Crippen molar-refractivity contribution < 1.29 is 4.74 Å². The molecule has 1 fully saturated rings. The Morgan fingerprint density at radius 3 is 2.85 bits per heavy atom. The Labute approximate surface area is 131 Å². The Hall–Kier alpha value is -0.420. The van der Waals surface area contributed by atoms with Gasteiger partial charge in [0.05, 0.1) is 12.7 Å². The van der Waals surface area contributed by atoms with Crippen LogP contribution >= 0.6 is 15.9 Å². The average Bonchev–Trinajstić information content (AvgIpc) is 2.49. The van der Waals surface area contributed by atoms with Crippen molar-refractivity contribution in [3.05, 3.63) is 35.9 Å². The lowest BCUT2D eigenvalue weighted by Gasteiger charge is -2.35. The van der Waals surface area contributed by atoms with E-state index >= 15 is 0 Å². The number of nitrogens with zero attached hydrogens (tertiary/aromatic N) is 2. The molecule has 0 saturated carbocycles. The summed E-state index contributed by atoms with van der Waals surface area (Å²) < 4.78 is 5.93. The van der Waals surface area contributed by atoms with Crippen molar-refractivity contribution in [3.63, 3.8) is 0 Å². The summed E-state index contributed by atoms with van der Waals surface area (Å²) in [6.07, 6.45) is 0.339. The van der Waals surface area contributed by atoms with Crippen LogP contribution in [0, 0.1) is 0 Å². The van der Waals surface area contributed by atoms with E-state index in [2.05, 4.69) is 63.0 Å². The fourth-order valence-corrected chi connectivity index (χ4v) is 3.16. The normalized spacial score (nSPS) is 20.4. The van der Waals surface area contributed by atoms with Gasteiger partial charge in [0, 0.05) is 38.1 Å². The van der Waals surface area contributed by atoms with E-state index in [1.54, 1.807) is 0 Å².